The summed E-state index contributed by atoms with van der Waals surface area (Å²) in [5.74, 6) is 0.931. The minimum atomic E-state index is 0.335. The molecule has 1 fully saturated rings. The molecule has 1 aliphatic heterocycles. The van der Waals surface area contributed by atoms with Crippen LogP contribution in [0.3, 0.4) is 0 Å². The highest BCUT2D eigenvalue weighted by Crippen LogP contribution is 2.34. The summed E-state index contributed by atoms with van der Waals surface area (Å²) in [6.45, 7) is 0.887. The van der Waals surface area contributed by atoms with Crippen molar-refractivity contribution < 1.29 is 0 Å². The lowest BCUT2D eigenvalue weighted by molar-refractivity contribution is 0.365. The minimum absolute atomic E-state index is 0.335. The largest absolute Gasteiger partial charge is 0.309 e. The summed E-state index contributed by atoms with van der Waals surface area (Å²) in [7, 11) is 0. The molecule has 0 bridgehead atoms. The van der Waals surface area contributed by atoms with Crippen molar-refractivity contribution in [1.29, 1.82) is 0 Å². The molecule has 0 amide bonds. The Balaban J connectivity index is 1.46. The molecule has 1 N–H and O–H groups in total. The molecule has 2 aromatic heterocycles. The Labute approximate surface area is 180 Å². The van der Waals surface area contributed by atoms with Crippen molar-refractivity contribution in [2.45, 2.75) is 24.8 Å². The van der Waals surface area contributed by atoms with Gasteiger partial charge in [0.15, 0.2) is 0 Å². The first kappa shape index (κ1) is 19.0. The summed E-state index contributed by atoms with van der Waals surface area (Å²) in [6.07, 6.45) is 5.65. The fourth-order valence-corrected chi connectivity index (χ4v) is 4.21. The van der Waals surface area contributed by atoms with Gasteiger partial charge in [-0.3, -0.25) is 0 Å². The quantitative estimate of drug-likeness (QED) is 0.498. The van der Waals surface area contributed by atoms with Crippen LogP contribution < -0.4 is 5.32 Å². The molecule has 0 unspecified atom stereocenters. The Morgan fingerprint density at radius 3 is 2.37 bits per heavy atom. The fraction of sp³-hybridized carbons (Fsp3) is 0.208. The number of piperidine rings is 1. The summed E-state index contributed by atoms with van der Waals surface area (Å²) in [5, 5.41) is 9.29. The van der Waals surface area contributed by atoms with Crippen LogP contribution >= 0.6 is 11.6 Å². The molecule has 0 spiro atoms. The molecule has 1 saturated heterocycles. The van der Waals surface area contributed by atoms with E-state index in [0.29, 0.717) is 22.9 Å². The second kappa shape index (κ2) is 8.38. The Morgan fingerprint density at radius 1 is 0.900 bits per heavy atom. The first-order valence-corrected chi connectivity index (χ1v) is 10.6. The van der Waals surface area contributed by atoms with Crippen LogP contribution in [0.2, 0.25) is 5.02 Å². The summed E-state index contributed by atoms with van der Waals surface area (Å²) in [5.41, 5.74) is 4.41. The average Bonchev–Trinajstić information content (AvgIpc) is 3.26. The average molecular weight is 416 g/mol. The maximum absolute atomic E-state index is 6.06. The molecule has 0 aliphatic carbocycles. The van der Waals surface area contributed by atoms with E-state index in [0.717, 1.165) is 36.3 Å². The van der Waals surface area contributed by atoms with E-state index in [1.807, 2.05) is 35.0 Å². The van der Waals surface area contributed by atoms with Gasteiger partial charge >= 0.3 is 0 Å². The lowest BCUT2D eigenvalue weighted by Gasteiger charge is -2.30. The molecule has 3 heterocycles. The topological polar surface area (TPSA) is 55.6 Å². The Kier molecular flexibility index (Phi) is 5.30. The third-order valence-electron chi connectivity index (χ3n) is 5.65. The van der Waals surface area contributed by atoms with Crippen molar-refractivity contribution in [2.75, 3.05) is 6.54 Å². The smallest absolute Gasteiger partial charge is 0.250 e. The predicted octanol–water partition coefficient (Wildman–Crippen LogP) is 5.19. The van der Waals surface area contributed by atoms with Crippen LogP contribution in [0, 0.1) is 0 Å². The van der Waals surface area contributed by atoms with Gasteiger partial charge in [0.25, 0.3) is 5.95 Å². The van der Waals surface area contributed by atoms with E-state index in [4.69, 9.17) is 16.7 Å². The van der Waals surface area contributed by atoms with Gasteiger partial charge in [-0.15, -0.1) is 0 Å². The zero-order valence-corrected chi connectivity index (χ0v) is 17.2. The van der Waals surface area contributed by atoms with Crippen molar-refractivity contribution in [3.8, 4) is 17.2 Å². The number of nitrogens with one attached hydrogen (secondary N) is 1. The standard InChI is InChI=1S/C24H22ClN5/c25-20-10-7-18(8-11-20)22-15-23(30(29-22)24-26-13-4-14-27-24)19-9-12-21(28-16-19)17-5-2-1-3-6-17/h1-8,10-11,13-15,19,21,28H,9,12,16H2/t19-,21+/m0/s1. The molecular formula is C24H22ClN5. The molecule has 2 aromatic carbocycles. The van der Waals surface area contributed by atoms with Crippen LogP contribution in [0.4, 0.5) is 0 Å². The first-order valence-electron chi connectivity index (χ1n) is 10.2. The molecule has 1 aliphatic rings. The van der Waals surface area contributed by atoms with Gasteiger partial charge in [-0.05, 0) is 42.7 Å². The van der Waals surface area contributed by atoms with Gasteiger partial charge in [0.05, 0.1) is 11.4 Å². The SMILES string of the molecule is Clc1ccc(-c2cc([C@H]3CC[C@H](c4ccccc4)NC3)n(-c3ncccn3)n2)cc1. The van der Waals surface area contributed by atoms with Crippen molar-refractivity contribution >= 4 is 11.6 Å². The molecule has 2 atom stereocenters. The highest BCUT2D eigenvalue weighted by atomic mass is 35.5. The summed E-state index contributed by atoms with van der Waals surface area (Å²) < 4.78 is 1.89. The zero-order chi connectivity index (χ0) is 20.3. The molecular weight excluding hydrogens is 394 g/mol. The van der Waals surface area contributed by atoms with E-state index in [9.17, 15) is 0 Å². The van der Waals surface area contributed by atoms with Crippen LogP contribution in [0.5, 0.6) is 0 Å². The minimum Gasteiger partial charge on any atom is -0.309 e. The van der Waals surface area contributed by atoms with Crippen molar-refractivity contribution in [3.63, 3.8) is 0 Å². The van der Waals surface area contributed by atoms with Crippen LogP contribution in [0.15, 0.2) is 79.1 Å². The lowest BCUT2D eigenvalue weighted by atomic mass is 9.89. The van der Waals surface area contributed by atoms with Crippen molar-refractivity contribution in [3.05, 3.63) is 95.4 Å². The Hall–Kier alpha value is -3.02. The highest BCUT2D eigenvalue weighted by molar-refractivity contribution is 6.30. The number of halogens is 1. The van der Waals surface area contributed by atoms with E-state index in [2.05, 4.69) is 51.7 Å². The van der Waals surface area contributed by atoms with Gasteiger partial charge in [-0.2, -0.15) is 5.10 Å². The molecule has 150 valence electrons. The molecule has 4 aromatic rings. The van der Waals surface area contributed by atoms with Crippen LogP contribution in [0.1, 0.15) is 36.1 Å². The molecule has 5 rings (SSSR count). The van der Waals surface area contributed by atoms with Crippen molar-refractivity contribution in [2.24, 2.45) is 0 Å². The predicted molar refractivity (Wildman–Crippen MR) is 119 cm³/mol. The Bertz CT molecular complexity index is 1100. The summed E-state index contributed by atoms with van der Waals surface area (Å²) in [4.78, 5) is 8.87. The summed E-state index contributed by atoms with van der Waals surface area (Å²) in [6, 6.07) is 22.8. The first-order chi connectivity index (χ1) is 14.8. The molecule has 30 heavy (non-hydrogen) atoms. The Morgan fingerprint density at radius 2 is 1.67 bits per heavy atom. The highest BCUT2D eigenvalue weighted by Gasteiger charge is 2.27. The molecule has 6 heteroatoms. The number of rotatable bonds is 4. The van der Waals surface area contributed by atoms with Gasteiger partial charge < -0.3 is 5.32 Å². The third-order valence-corrected chi connectivity index (χ3v) is 5.91. The van der Waals surface area contributed by atoms with Crippen molar-refractivity contribution in [1.82, 2.24) is 25.1 Å². The van der Waals surface area contributed by atoms with E-state index in [1.165, 1.54) is 5.56 Å². The van der Waals surface area contributed by atoms with Gasteiger partial charge in [-0.1, -0.05) is 54.1 Å². The van der Waals surface area contributed by atoms with Crippen LogP contribution in [0.25, 0.3) is 17.2 Å². The molecule has 0 saturated carbocycles. The van der Waals surface area contributed by atoms with Gasteiger partial charge in [-0.25, -0.2) is 14.6 Å². The lowest BCUT2D eigenvalue weighted by Crippen LogP contribution is -2.33. The third kappa shape index (κ3) is 3.86. The number of benzene rings is 2. The second-order valence-electron chi connectivity index (χ2n) is 7.57. The van der Waals surface area contributed by atoms with E-state index in [1.54, 1.807) is 12.4 Å². The van der Waals surface area contributed by atoms with Gasteiger partial charge in [0, 0.05) is 41.5 Å². The summed E-state index contributed by atoms with van der Waals surface area (Å²) >= 11 is 6.06. The number of aromatic nitrogens is 4. The fourth-order valence-electron chi connectivity index (χ4n) is 4.09. The van der Waals surface area contributed by atoms with Gasteiger partial charge in [0.2, 0.25) is 0 Å². The number of hydrogen-bond donors (Lipinski definition) is 1. The number of hydrogen-bond acceptors (Lipinski definition) is 4. The van der Waals surface area contributed by atoms with E-state index < -0.39 is 0 Å². The van der Waals surface area contributed by atoms with Gasteiger partial charge in [0.1, 0.15) is 0 Å². The molecule has 5 nitrogen and oxygen atoms in total. The van der Waals surface area contributed by atoms with Crippen LogP contribution in [-0.2, 0) is 0 Å². The normalized spacial score (nSPS) is 19.0. The zero-order valence-electron chi connectivity index (χ0n) is 16.4. The van der Waals surface area contributed by atoms with E-state index >= 15 is 0 Å². The number of nitrogens with zero attached hydrogens (tertiary/aromatic N) is 4. The second-order valence-corrected chi connectivity index (χ2v) is 8.00. The van der Waals surface area contributed by atoms with E-state index in [-0.39, 0.29) is 0 Å². The van der Waals surface area contributed by atoms with Crippen LogP contribution in [-0.4, -0.2) is 26.3 Å². The monoisotopic (exact) mass is 415 g/mol. The maximum atomic E-state index is 6.06. The molecule has 0 radical (unpaired) electrons. The maximum Gasteiger partial charge on any atom is 0.250 e.